The van der Waals surface area contributed by atoms with Crippen molar-refractivity contribution < 1.29 is 19.3 Å². The molecule has 0 aliphatic carbocycles. The molecule has 0 bridgehead atoms. The average molecular weight is 375 g/mol. The molecular weight excluding hydrogens is 354 g/mol. The van der Waals surface area contributed by atoms with Crippen LogP contribution in [0.2, 0.25) is 0 Å². The van der Waals surface area contributed by atoms with Gasteiger partial charge in [-0.2, -0.15) is 9.78 Å². The Morgan fingerprint density at radius 2 is 1.43 bits per heavy atom. The Bertz CT molecular complexity index is 902. The fourth-order valence-electron chi connectivity index (χ4n) is 3.50. The van der Waals surface area contributed by atoms with Crippen molar-refractivity contribution in [3.05, 3.63) is 102 Å². The second-order valence-corrected chi connectivity index (χ2v) is 6.64. The van der Waals surface area contributed by atoms with E-state index in [1.807, 2.05) is 96.8 Å². The van der Waals surface area contributed by atoms with Crippen LogP contribution in [0.1, 0.15) is 16.7 Å². The van der Waals surface area contributed by atoms with E-state index >= 15 is 0 Å². The molecule has 1 atom stereocenters. The van der Waals surface area contributed by atoms with E-state index in [1.165, 1.54) is 7.11 Å². The fourth-order valence-corrected chi connectivity index (χ4v) is 3.50. The van der Waals surface area contributed by atoms with Crippen molar-refractivity contribution >= 4 is 11.7 Å². The molecule has 1 heterocycles. The molecule has 3 aromatic rings. The summed E-state index contributed by atoms with van der Waals surface area (Å²) in [6, 6.07) is 27.3. The van der Waals surface area contributed by atoms with Gasteiger partial charge in [-0.1, -0.05) is 78.4 Å². The average Bonchev–Trinajstić information content (AvgIpc) is 3.16. The van der Waals surface area contributed by atoms with Gasteiger partial charge >= 0.3 is 5.97 Å². The second kappa shape index (κ2) is 7.46. The van der Waals surface area contributed by atoms with E-state index in [9.17, 15) is 4.79 Å². The Labute approximate surface area is 164 Å². The van der Waals surface area contributed by atoms with E-state index in [1.54, 1.807) is 0 Å². The Kier molecular flexibility index (Phi) is 4.86. The maximum Gasteiger partial charge on any atom is 0.359 e. The number of rotatable bonds is 4. The van der Waals surface area contributed by atoms with Crippen LogP contribution < -0.4 is 4.90 Å². The number of hydrogen-bond acceptors (Lipinski definition) is 5. The van der Waals surface area contributed by atoms with Crippen molar-refractivity contribution in [2.24, 2.45) is 0 Å². The van der Waals surface area contributed by atoms with Gasteiger partial charge in [-0.15, -0.1) is 0 Å². The van der Waals surface area contributed by atoms with Crippen molar-refractivity contribution in [1.29, 1.82) is 0 Å². The monoisotopic (exact) mass is 375 g/mol. The minimum absolute atomic E-state index is 0.533. The molecule has 1 unspecified atom stereocenters. The Morgan fingerprint density at radius 1 is 0.893 bits per heavy atom. The molecule has 1 fully saturated rings. The molecule has 0 aromatic heterocycles. The molecule has 0 radical (unpaired) electrons. The molecule has 142 valence electrons. The van der Waals surface area contributed by atoms with E-state index in [0.717, 1.165) is 22.4 Å². The Morgan fingerprint density at radius 3 is 1.93 bits per heavy atom. The highest BCUT2D eigenvalue weighted by molar-refractivity contribution is 5.80. The van der Waals surface area contributed by atoms with Crippen LogP contribution >= 0.6 is 0 Å². The van der Waals surface area contributed by atoms with Crippen LogP contribution in [-0.2, 0) is 25.0 Å². The molecule has 5 heteroatoms. The van der Waals surface area contributed by atoms with E-state index in [2.05, 4.69) is 0 Å². The van der Waals surface area contributed by atoms with Crippen LogP contribution in [0.5, 0.6) is 0 Å². The highest BCUT2D eigenvalue weighted by Gasteiger charge is 2.55. The molecule has 0 N–H and O–H groups in total. The predicted octanol–water partition coefficient (Wildman–Crippen LogP) is 4.16. The summed E-state index contributed by atoms with van der Waals surface area (Å²) in [5, 5.41) is 0. The van der Waals surface area contributed by atoms with E-state index in [4.69, 9.17) is 14.5 Å². The van der Waals surface area contributed by atoms with Gasteiger partial charge in [0.2, 0.25) is 5.72 Å². The van der Waals surface area contributed by atoms with Crippen LogP contribution in [0.4, 0.5) is 5.69 Å². The van der Waals surface area contributed by atoms with Crippen LogP contribution in [0.25, 0.3) is 0 Å². The van der Waals surface area contributed by atoms with Crippen LogP contribution in [-0.4, -0.2) is 19.3 Å². The minimum atomic E-state index is -1.14. The van der Waals surface area contributed by atoms with Gasteiger partial charge in [0.25, 0.3) is 6.23 Å². The molecule has 0 spiro atoms. The fraction of sp³-hybridized carbons (Fsp3) is 0.174. The molecule has 3 aromatic carbocycles. The van der Waals surface area contributed by atoms with Crippen molar-refractivity contribution in [3.8, 4) is 0 Å². The lowest BCUT2D eigenvalue weighted by atomic mass is 9.91. The summed E-state index contributed by atoms with van der Waals surface area (Å²) in [5.74, 6) is -0.533. The zero-order valence-electron chi connectivity index (χ0n) is 15.7. The first kappa shape index (κ1) is 18.2. The lowest BCUT2D eigenvalue weighted by Gasteiger charge is -2.38. The van der Waals surface area contributed by atoms with Gasteiger partial charge in [-0.05, 0) is 19.1 Å². The smallest absolute Gasteiger partial charge is 0.359 e. The summed E-state index contributed by atoms with van der Waals surface area (Å²) in [6.07, 6.45) is -1.05. The third-order valence-electron chi connectivity index (χ3n) is 4.88. The standard InChI is InChI=1S/C23H21NO4/c1-17-13-15-20(16-14-17)24-21(22(25)26-2)27-28-23(24,18-9-5-3-6-10-18)19-11-7-4-8-12-19/h3-16,21H,1-2H3. The molecular formula is C23H21NO4. The lowest BCUT2D eigenvalue weighted by molar-refractivity contribution is -0.318. The summed E-state index contributed by atoms with van der Waals surface area (Å²) >= 11 is 0. The Hall–Kier alpha value is -3.15. The van der Waals surface area contributed by atoms with Crippen LogP contribution in [0.3, 0.4) is 0 Å². The maximum atomic E-state index is 12.5. The van der Waals surface area contributed by atoms with E-state index in [0.29, 0.717) is 0 Å². The van der Waals surface area contributed by atoms with Gasteiger partial charge in [0, 0.05) is 16.8 Å². The molecule has 1 aliphatic heterocycles. The van der Waals surface area contributed by atoms with Crippen molar-refractivity contribution in [1.82, 2.24) is 0 Å². The van der Waals surface area contributed by atoms with Gasteiger partial charge in [0.15, 0.2) is 0 Å². The highest BCUT2D eigenvalue weighted by Crippen LogP contribution is 2.46. The largest absolute Gasteiger partial charge is 0.466 e. The Balaban J connectivity index is 1.97. The summed E-state index contributed by atoms with van der Waals surface area (Å²) in [5.41, 5.74) is 2.44. The number of carbonyl (C=O) groups excluding carboxylic acids is 1. The summed E-state index contributed by atoms with van der Waals surface area (Å²) < 4.78 is 4.99. The SMILES string of the molecule is COC(=O)C1OOC(c2ccccc2)(c2ccccc2)N1c1ccc(C)cc1. The summed E-state index contributed by atoms with van der Waals surface area (Å²) in [6.45, 7) is 2.01. The summed E-state index contributed by atoms with van der Waals surface area (Å²) in [4.78, 5) is 25.9. The van der Waals surface area contributed by atoms with Gasteiger partial charge < -0.3 is 4.74 Å². The van der Waals surface area contributed by atoms with E-state index in [-0.39, 0.29) is 0 Å². The number of esters is 1. The molecule has 1 aliphatic rings. The number of methoxy groups -OCH3 is 1. The van der Waals surface area contributed by atoms with Crippen molar-refractivity contribution in [3.63, 3.8) is 0 Å². The second-order valence-electron chi connectivity index (χ2n) is 6.64. The lowest BCUT2D eigenvalue weighted by Crippen LogP contribution is -2.50. The van der Waals surface area contributed by atoms with E-state index < -0.39 is 17.9 Å². The maximum absolute atomic E-state index is 12.5. The van der Waals surface area contributed by atoms with Crippen LogP contribution in [0, 0.1) is 6.92 Å². The van der Waals surface area contributed by atoms with Crippen molar-refractivity contribution in [2.75, 3.05) is 12.0 Å². The first-order valence-corrected chi connectivity index (χ1v) is 9.06. The third kappa shape index (κ3) is 2.95. The molecule has 4 rings (SSSR count). The van der Waals surface area contributed by atoms with Crippen LogP contribution in [0.15, 0.2) is 84.9 Å². The molecule has 1 saturated heterocycles. The minimum Gasteiger partial charge on any atom is -0.466 e. The van der Waals surface area contributed by atoms with Gasteiger partial charge in [-0.3, -0.25) is 4.90 Å². The quantitative estimate of drug-likeness (QED) is 0.506. The number of hydrogen-bond donors (Lipinski definition) is 0. The zero-order chi connectivity index (χ0) is 19.6. The first-order chi connectivity index (χ1) is 13.7. The molecule has 0 amide bonds. The molecule has 5 nitrogen and oxygen atoms in total. The number of ether oxygens (including phenoxy) is 1. The topological polar surface area (TPSA) is 48.0 Å². The predicted molar refractivity (Wildman–Crippen MR) is 105 cm³/mol. The molecule has 0 saturated carbocycles. The number of benzene rings is 3. The van der Waals surface area contributed by atoms with Crippen molar-refractivity contribution in [2.45, 2.75) is 18.9 Å². The van der Waals surface area contributed by atoms with Gasteiger partial charge in [0.1, 0.15) is 0 Å². The normalized spacial score (nSPS) is 18.1. The third-order valence-corrected chi connectivity index (χ3v) is 4.88. The first-order valence-electron chi connectivity index (χ1n) is 9.06. The highest BCUT2D eigenvalue weighted by atomic mass is 17.2. The summed E-state index contributed by atoms with van der Waals surface area (Å²) in [7, 11) is 1.34. The number of nitrogens with zero attached hydrogens (tertiary/aromatic N) is 1. The van der Waals surface area contributed by atoms with Gasteiger partial charge in [-0.25, -0.2) is 4.79 Å². The zero-order valence-corrected chi connectivity index (χ0v) is 15.7. The number of anilines is 1. The number of carbonyl (C=O) groups is 1. The molecule has 28 heavy (non-hydrogen) atoms. The van der Waals surface area contributed by atoms with Gasteiger partial charge in [0.05, 0.1) is 7.11 Å². The number of aryl methyl sites for hydroxylation is 1.